The standard InChI is InChI=1S/C18H25N3O2S/c1-12(2)10-23-18(22)15-13(3)14-16(19-11-20-17(14)24-15)21-8-6-4-5-7-9-21/h11-12H,4-10H2,1-3H3. The van der Waals surface area contributed by atoms with Crippen molar-refractivity contribution < 1.29 is 9.53 Å². The molecule has 1 saturated heterocycles. The lowest BCUT2D eigenvalue weighted by Crippen LogP contribution is -2.25. The van der Waals surface area contributed by atoms with Gasteiger partial charge in [-0.15, -0.1) is 11.3 Å². The highest BCUT2D eigenvalue weighted by atomic mass is 32.1. The molecule has 2 aromatic rings. The molecule has 5 nitrogen and oxygen atoms in total. The van der Waals surface area contributed by atoms with E-state index in [2.05, 4.69) is 14.9 Å². The Balaban J connectivity index is 1.96. The van der Waals surface area contributed by atoms with Crippen LogP contribution in [-0.2, 0) is 4.74 Å². The van der Waals surface area contributed by atoms with Crippen molar-refractivity contribution in [3.05, 3.63) is 16.8 Å². The number of esters is 1. The Morgan fingerprint density at radius 3 is 2.62 bits per heavy atom. The SMILES string of the molecule is Cc1c(C(=O)OCC(C)C)sc2ncnc(N3CCCCCC3)c12. The van der Waals surface area contributed by atoms with E-state index in [1.807, 2.05) is 20.8 Å². The molecule has 0 spiro atoms. The van der Waals surface area contributed by atoms with E-state index in [4.69, 9.17) is 4.74 Å². The van der Waals surface area contributed by atoms with E-state index in [0.29, 0.717) is 17.4 Å². The lowest BCUT2D eigenvalue weighted by molar-refractivity contribution is 0.0464. The largest absolute Gasteiger partial charge is 0.461 e. The van der Waals surface area contributed by atoms with Crippen molar-refractivity contribution in [3.63, 3.8) is 0 Å². The fraction of sp³-hybridized carbons (Fsp3) is 0.611. The number of hydrogen-bond acceptors (Lipinski definition) is 6. The van der Waals surface area contributed by atoms with Gasteiger partial charge in [0.05, 0.1) is 12.0 Å². The van der Waals surface area contributed by atoms with Gasteiger partial charge >= 0.3 is 5.97 Å². The monoisotopic (exact) mass is 347 g/mol. The number of carbonyl (C=O) groups excluding carboxylic acids is 1. The number of nitrogens with zero attached hydrogens (tertiary/aromatic N) is 3. The van der Waals surface area contributed by atoms with Crippen LogP contribution in [0.3, 0.4) is 0 Å². The van der Waals surface area contributed by atoms with Crippen LogP contribution in [0, 0.1) is 12.8 Å². The first-order valence-corrected chi connectivity index (χ1v) is 9.55. The number of aromatic nitrogens is 2. The van der Waals surface area contributed by atoms with E-state index < -0.39 is 0 Å². The van der Waals surface area contributed by atoms with Crippen molar-refractivity contribution in [2.45, 2.75) is 46.5 Å². The van der Waals surface area contributed by atoms with Crippen LogP contribution in [0.5, 0.6) is 0 Å². The van der Waals surface area contributed by atoms with Gasteiger partial charge in [-0.2, -0.15) is 0 Å². The fourth-order valence-corrected chi connectivity index (χ4v) is 4.11. The average molecular weight is 347 g/mol. The fourth-order valence-electron chi connectivity index (χ4n) is 3.08. The third-order valence-electron chi connectivity index (χ3n) is 4.35. The smallest absolute Gasteiger partial charge is 0.348 e. The van der Waals surface area contributed by atoms with E-state index in [9.17, 15) is 4.79 Å². The lowest BCUT2D eigenvalue weighted by Gasteiger charge is -2.22. The zero-order chi connectivity index (χ0) is 17.1. The van der Waals surface area contributed by atoms with Gasteiger partial charge in [0.25, 0.3) is 0 Å². The summed E-state index contributed by atoms with van der Waals surface area (Å²) < 4.78 is 5.41. The van der Waals surface area contributed by atoms with E-state index in [1.165, 1.54) is 37.0 Å². The van der Waals surface area contributed by atoms with Gasteiger partial charge in [-0.25, -0.2) is 14.8 Å². The van der Waals surface area contributed by atoms with Crippen LogP contribution in [0.25, 0.3) is 10.2 Å². The molecular formula is C18H25N3O2S. The Hall–Kier alpha value is -1.69. The molecule has 0 bridgehead atoms. The Bertz CT molecular complexity index is 718. The van der Waals surface area contributed by atoms with Crippen LogP contribution in [-0.4, -0.2) is 35.6 Å². The van der Waals surface area contributed by atoms with Gasteiger partial charge in [-0.1, -0.05) is 26.7 Å². The highest BCUT2D eigenvalue weighted by Gasteiger charge is 2.23. The van der Waals surface area contributed by atoms with Crippen molar-refractivity contribution in [3.8, 4) is 0 Å². The minimum absolute atomic E-state index is 0.244. The first kappa shape index (κ1) is 17.1. The Morgan fingerprint density at radius 2 is 1.96 bits per heavy atom. The molecule has 0 N–H and O–H groups in total. The van der Waals surface area contributed by atoms with Crippen molar-refractivity contribution >= 4 is 33.3 Å². The Morgan fingerprint density at radius 1 is 1.25 bits per heavy atom. The quantitative estimate of drug-likeness (QED) is 0.776. The molecule has 3 heterocycles. The highest BCUT2D eigenvalue weighted by molar-refractivity contribution is 7.20. The van der Waals surface area contributed by atoms with E-state index in [-0.39, 0.29) is 5.97 Å². The van der Waals surface area contributed by atoms with Gasteiger partial charge in [-0.3, -0.25) is 0 Å². The summed E-state index contributed by atoms with van der Waals surface area (Å²) in [6.45, 7) is 8.54. The molecule has 6 heteroatoms. The second-order valence-corrected chi connectivity index (χ2v) is 7.83. The third kappa shape index (κ3) is 3.53. The second kappa shape index (κ2) is 7.47. The van der Waals surface area contributed by atoms with Crippen molar-refractivity contribution in [1.29, 1.82) is 0 Å². The van der Waals surface area contributed by atoms with E-state index >= 15 is 0 Å². The number of aryl methyl sites for hydroxylation is 1. The molecule has 1 aliphatic heterocycles. The minimum atomic E-state index is -0.244. The molecule has 0 saturated carbocycles. The summed E-state index contributed by atoms with van der Waals surface area (Å²) in [5.41, 5.74) is 0.948. The number of hydrogen-bond donors (Lipinski definition) is 0. The zero-order valence-electron chi connectivity index (χ0n) is 14.7. The number of anilines is 1. The molecular weight excluding hydrogens is 322 g/mol. The zero-order valence-corrected chi connectivity index (χ0v) is 15.5. The third-order valence-corrected chi connectivity index (χ3v) is 5.53. The Labute approximate surface area is 147 Å². The van der Waals surface area contributed by atoms with E-state index in [1.54, 1.807) is 6.33 Å². The molecule has 0 radical (unpaired) electrons. The summed E-state index contributed by atoms with van der Waals surface area (Å²) >= 11 is 1.41. The number of thiophene rings is 1. The maximum atomic E-state index is 12.4. The van der Waals surface area contributed by atoms with E-state index in [0.717, 1.165) is 34.7 Å². The molecule has 24 heavy (non-hydrogen) atoms. The van der Waals surface area contributed by atoms with Crippen LogP contribution >= 0.6 is 11.3 Å². The van der Waals surface area contributed by atoms with Gasteiger partial charge in [0.1, 0.15) is 21.9 Å². The molecule has 3 rings (SSSR count). The summed E-state index contributed by atoms with van der Waals surface area (Å²) in [5.74, 6) is 1.06. The summed E-state index contributed by atoms with van der Waals surface area (Å²) in [5, 5.41) is 1.01. The molecule has 1 fully saturated rings. The predicted octanol–water partition coefficient (Wildman–Crippen LogP) is 4.19. The topological polar surface area (TPSA) is 55.3 Å². The molecule has 130 valence electrons. The molecule has 0 aliphatic carbocycles. The summed E-state index contributed by atoms with van der Waals surface area (Å²) in [6.07, 6.45) is 6.55. The molecule has 2 aromatic heterocycles. The van der Waals surface area contributed by atoms with Crippen LogP contribution in [0.1, 0.15) is 54.8 Å². The molecule has 0 aromatic carbocycles. The van der Waals surface area contributed by atoms with Crippen molar-refractivity contribution in [2.24, 2.45) is 5.92 Å². The molecule has 0 atom stereocenters. The summed E-state index contributed by atoms with van der Waals surface area (Å²) in [7, 11) is 0. The van der Waals surface area contributed by atoms with Crippen LogP contribution in [0.15, 0.2) is 6.33 Å². The summed E-state index contributed by atoms with van der Waals surface area (Å²) in [4.78, 5) is 25.2. The molecule has 1 aliphatic rings. The number of fused-ring (bicyclic) bond motifs is 1. The number of rotatable bonds is 4. The van der Waals surface area contributed by atoms with Crippen LogP contribution < -0.4 is 4.90 Å². The van der Waals surface area contributed by atoms with Gasteiger partial charge in [0, 0.05) is 13.1 Å². The van der Waals surface area contributed by atoms with Crippen molar-refractivity contribution in [2.75, 3.05) is 24.6 Å². The van der Waals surface area contributed by atoms with Gasteiger partial charge in [0.15, 0.2) is 0 Å². The number of ether oxygens (including phenoxy) is 1. The predicted molar refractivity (Wildman–Crippen MR) is 98.0 cm³/mol. The summed E-state index contributed by atoms with van der Waals surface area (Å²) in [6, 6.07) is 0. The van der Waals surface area contributed by atoms with Gasteiger partial charge in [-0.05, 0) is 31.2 Å². The van der Waals surface area contributed by atoms with Crippen LogP contribution in [0.4, 0.5) is 5.82 Å². The first-order chi connectivity index (χ1) is 11.6. The average Bonchev–Trinajstić information content (AvgIpc) is 2.76. The van der Waals surface area contributed by atoms with Gasteiger partial charge in [0.2, 0.25) is 0 Å². The van der Waals surface area contributed by atoms with Crippen molar-refractivity contribution in [1.82, 2.24) is 9.97 Å². The highest BCUT2D eigenvalue weighted by Crippen LogP contribution is 2.35. The van der Waals surface area contributed by atoms with Gasteiger partial charge < -0.3 is 9.64 Å². The molecule has 0 amide bonds. The minimum Gasteiger partial charge on any atom is -0.461 e. The van der Waals surface area contributed by atoms with Crippen LogP contribution in [0.2, 0.25) is 0 Å². The lowest BCUT2D eigenvalue weighted by atomic mass is 10.2. The normalized spacial score (nSPS) is 15.8. The molecule has 0 unspecified atom stereocenters. The maximum absolute atomic E-state index is 12.4. The second-order valence-electron chi connectivity index (χ2n) is 6.83. The maximum Gasteiger partial charge on any atom is 0.348 e. The Kier molecular flexibility index (Phi) is 5.33. The first-order valence-electron chi connectivity index (χ1n) is 8.74. The number of carbonyl (C=O) groups is 1.